The third-order valence-electron chi connectivity index (χ3n) is 1.16. The van der Waals surface area contributed by atoms with Crippen molar-refractivity contribution in [3.8, 4) is 0 Å². The number of nitrogens with two attached hydrogens (primary N) is 1. The lowest BCUT2D eigenvalue weighted by atomic mass is 10.3. The smallest absolute Gasteiger partial charge is 0.0513 e. The molecule has 0 spiro atoms. The summed E-state index contributed by atoms with van der Waals surface area (Å²) < 4.78 is 0. The second-order valence-corrected chi connectivity index (χ2v) is 1.95. The van der Waals surface area contributed by atoms with Gasteiger partial charge in [-0.2, -0.15) is 0 Å². The van der Waals surface area contributed by atoms with Crippen LogP contribution in [-0.2, 0) is 0 Å². The predicted molar refractivity (Wildman–Crippen MR) is 44.1 cm³/mol. The van der Waals surface area contributed by atoms with E-state index in [0.717, 1.165) is 5.69 Å². The van der Waals surface area contributed by atoms with Crippen molar-refractivity contribution in [2.45, 2.75) is 0 Å². The Morgan fingerprint density at radius 3 is 2.00 bits per heavy atom. The van der Waals surface area contributed by atoms with Gasteiger partial charge in [-0.25, -0.2) is 5.84 Å². The van der Waals surface area contributed by atoms with Crippen LogP contribution in [0, 0.1) is 0 Å². The molecule has 10 heavy (non-hydrogen) atoms. The topological polar surface area (TPSA) is 64.3 Å². The Labute approximate surface area is 61.0 Å². The highest BCUT2D eigenvalue weighted by Crippen LogP contribution is 2.05. The zero-order valence-electron chi connectivity index (χ0n) is 6.12. The van der Waals surface area contributed by atoms with Gasteiger partial charge in [0.05, 0.1) is 5.69 Å². The quantitative estimate of drug-likeness (QED) is 0.453. The van der Waals surface area contributed by atoms with Crippen LogP contribution in [0.2, 0.25) is 0 Å². The number of nitrogens with zero attached hydrogens (tertiary/aromatic N) is 1. The fourth-order valence-electron chi connectivity index (χ4n) is 0.663. The second-order valence-electron chi connectivity index (χ2n) is 1.95. The van der Waals surface area contributed by atoms with Crippen LogP contribution in [-0.4, -0.2) is 7.05 Å². The summed E-state index contributed by atoms with van der Waals surface area (Å²) in [4.78, 5) is 0. The number of rotatable bonds is 1. The summed E-state index contributed by atoms with van der Waals surface area (Å²) in [5.41, 5.74) is 1.03. The highest BCUT2D eigenvalue weighted by Gasteiger charge is 1.88. The van der Waals surface area contributed by atoms with Gasteiger partial charge < -0.3 is 11.2 Å². The molecule has 0 bridgehead atoms. The van der Waals surface area contributed by atoms with E-state index in [-0.39, 0.29) is 6.15 Å². The minimum atomic E-state index is 0. The van der Waals surface area contributed by atoms with Crippen molar-refractivity contribution in [3.05, 3.63) is 30.3 Å². The Morgan fingerprint density at radius 2 is 1.70 bits per heavy atom. The lowest BCUT2D eigenvalue weighted by molar-refractivity contribution is 1.02. The lowest BCUT2D eigenvalue weighted by Gasteiger charge is -2.09. The van der Waals surface area contributed by atoms with Crippen molar-refractivity contribution in [1.82, 2.24) is 6.15 Å². The monoisotopic (exact) mass is 139 g/mol. The average molecular weight is 139 g/mol. The molecule has 1 aromatic carbocycles. The number of hydrogen-bond acceptors (Lipinski definition) is 3. The minimum Gasteiger partial charge on any atom is -0.344 e. The Hall–Kier alpha value is -1.06. The van der Waals surface area contributed by atoms with Crippen LogP contribution in [0.3, 0.4) is 0 Å². The van der Waals surface area contributed by atoms with Crippen LogP contribution in [0.4, 0.5) is 5.69 Å². The Kier molecular flexibility index (Phi) is 3.46. The number of hydrazine groups is 1. The second kappa shape index (κ2) is 3.87. The van der Waals surface area contributed by atoms with E-state index in [2.05, 4.69) is 0 Å². The normalized spacial score (nSPS) is 8.20. The molecule has 56 valence electrons. The van der Waals surface area contributed by atoms with E-state index in [1.54, 1.807) is 5.01 Å². The fourth-order valence-corrected chi connectivity index (χ4v) is 0.663. The lowest BCUT2D eigenvalue weighted by Crippen LogP contribution is -2.24. The summed E-state index contributed by atoms with van der Waals surface area (Å²) in [6, 6.07) is 9.80. The SMILES string of the molecule is CN(N)c1ccccc1.N. The first-order valence-electron chi connectivity index (χ1n) is 2.84. The van der Waals surface area contributed by atoms with Crippen molar-refractivity contribution >= 4 is 5.69 Å². The maximum atomic E-state index is 5.45. The highest BCUT2D eigenvalue weighted by molar-refractivity contribution is 5.42. The molecule has 0 amide bonds. The van der Waals surface area contributed by atoms with Gasteiger partial charge in [0.25, 0.3) is 0 Å². The van der Waals surface area contributed by atoms with E-state index in [0.29, 0.717) is 0 Å². The largest absolute Gasteiger partial charge is 0.344 e. The van der Waals surface area contributed by atoms with Crippen LogP contribution in [0.25, 0.3) is 0 Å². The van der Waals surface area contributed by atoms with E-state index in [4.69, 9.17) is 5.84 Å². The van der Waals surface area contributed by atoms with Gasteiger partial charge in [0.15, 0.2) is 0 Å². The molecule has 0 unspecified atom stereocenters. The molecule has 0 atom stereocenters. The highest BCUT2D eigenvalue weighted by atomic mass is 15.4. The van der Waals surface area contributed by atoms with Crippen molar-refractivity contribution in [2.24, 2.45) is 5.84 Å². The van der Waals surface area contributed by atoms with Gasteiger partial charge in [-0.05, 0) is 12.1 Å². The first kappa shape index (κ1) is 8.94. The van der Waals surface area contributed by atoms with E-state index in [1.807, 2.05) is 37.4 Å². The summed E-state index contributed by atoms with van der Waals surface area (Å²) in [5.74, 6) is 5.45. The van der Waals surface area contributed by atoms with E-state index < -0.39 is 0 Å². The number of anilines is 1. The van der Waals surface area contributed by atoms with Gasteiger partial charge in [0.2, 0.25) is 0 Å². The maximum absolute atomic E-state index is 5.45. The molecule has 3 heteroatoms. The van der Waals surface area contributed by atoms with Crippen molar-refractivity contribution < 1.29 is 0 Å². The van der Waals surface area contributed by atoms with Gasteiger partial charge in [-0.1, -0.05) is 18.2 Å². The Balaban J connectivity index is 0.000000810. The molecule has 5 N–H and O–H groups in total. The zero-order chi connectivity index (χ0) is 6.69. The van der Waals surface area contributed by atoms with Gasteiger partial charge >= 0.3 is 0 Å². The number of benzene rings is 1. The van der Waals surface area contributed by atoms with Gasteiger partial charge in [-0.3, -0.25) is 0 Å². The summed E-state index contributed by atoms with van der Waals surface area (Å²) in [5, 5.41) is 1.58. The molecule has 0 aliphatic rings. The average Bonchev–Trinajstić information content (AvgIpc) is 1.90. The summed E-state index contributed by atoms with van der Waals surface area (Å²) in [6.45, 7) is 0. The van der Waals surface area contributed by atoms with Crippen LogP contribution < -0.4 is 17.0 Å². The Morgan fingerprint density at radius 1 is 1.20 bits per heavy atom. The van der Waals surface area contributed by atoms with E-state index >= 15 is 0 Å². The van der Waals surface area contributed by atoms with Gasteiger partial charge in [-0.15, -0.1) is 0 Å². The Bertz CT molecular complexity index is 171. The van der Waals surface area contributed by atoms with Gasteiger partial charge in [0, 0.05) is 7.05 Å². The fraction of sp³-hybridized carbons (Fsp3) is 0.143. The predicted octanol–water partition coefficient (Wildman–Crippen LogP) is 1.16. The standard InChI is InChI=1S/C7H10N2.H3N/c1-9(8)7-5-3-2-4-6-7;/h2-6H,8H2,1H3;1H3. The molecule has 0 aliphatic heterocycles. The van der Waals surface area contributed by atoms with Crippen molar-refractivity contribution in [3.63, 3.8) is 0 Å². The molecule has 0 saturated heterocycles. The summed E-state index contributed by atoms with van der Waals surface area (Å²) in [6.07, 6.45) is 0. The molecule has 0 aromatic heterocycles. The third kappa shape index (κ3) is 2.05. The first-order valence-corrected chi connectivity index (χ1v) is 2.84. The summed E-state index contributed by atoms with van der Waals surface area (Å²) in [7, 11) is 1.81. The maximum Gasteiger partial charge on any atom is 0.0513 e. The molecule has 0 heterocycles. The molecule has 0 aliphatic carbocycles. The first-order chi connectivity index (χ1) is 4.30. The molecule has 0 fully saturated rings. The molecule has 1 aromatic rings. The molecule has 0 radical (unpaired) electrons. The van der Waals surface area contributed by atoms with Crippen molar-refractivity contribution in [1.29, 1.82) is 0 Å². The zero-order valence-corrected chi connectivity index (χ0v) is 6.12. The third-order valence-corrected chi connectivity index (χ3v) is 1.16. The van der Waals surface area contributed by atoms with Gasteiger partial charge in [0.1, 0.15) is 0 Å². The van der Waals surface area contributed by atoms with Crippen LogP contribution in [0.5, 0.6) is 0 Å². The van der Waals surface area contributed by atoms with Crippen LogP contribution >= 0.6 is 0 Å². The van der Waals surface area contributed by atoms with E-state index in [1.165, 1.54) is 0 Å². The molecular formula is C7H13N3. The van der Waals surface area contributed by atoms with E-state index in [9.17, 15) is 0 Å². The molecule has 1 rings (SSSR count). The number of hydrogen-bond donors (Lipinski definition) is 2. The van der Waals surface area contributed by atoms with Crippen LogP contribution in [0.1, 0.15) is 0 Å². The number of para-hydroxylation sites is 1. The van der Waals surface area contributed by atoms with Crippen molar-refractivity contribution in [2.75, 3.05) is 12.1 Å². The molecule has 3 nitrogen and oxygen atoms in total. The summed E-state index contributed by atoms with van der Waals surface area (Å²) >= 11 is 0. The molecular weight excluding hydrogens is 126 g/mol. The minimum absolute atomic E-state index is 0. The van der Waals surface area contributed by atoms with Crippen LogP contribution in [0.15, 0.2) is 30.3 Å². The molecule has 0 saturated carbocycles.